The Bertz CT molecular complexity index is 542. The molecule has 0 aliphatic heterocycles. The quantitative estimate of drug-likeness (QED) is 0.453. The van der Waals surface area contributed by atoms with E-state index in [9.17, 15) is 0 Å². The molecule has 0 N–H and O–H groups in total. The summed E-state index contributed by atoms with van der Waals surface area (Å²) in [6.45, 7) is 6.12. The molecule has 0 nitrogen and oxygen atoms in total. The molecule has 0 heteroatoms. The van der Waals surface area contributed by atoms with Gasteiger partial charge in [-0.1, -0.05) is 55.8 Å². The lowest BCUT2D eigenvalue weighted by Gasteiger charge is -2.35. The van der Waals surface area contributed by atoms with E-state index in [4.69, 9.17) is 0 Å². The van der Waals surface area contributed by atoms with Gasteiger partial charge in [0.25, 0.3) is 0 Å². The molecule has 3 rings (SSSR count). The molecule has 0 saturated heterocycles. The Morgan fingerprint density at radius 1 is 0.960 bits per heavy atom. The first-order valence-corrected chi connectivity index (χ1v) is 10.7. The summed E-state index contributed by atoms with van der Waals surface area (Å²) in [6.07, 6.45) is 20.5. The molecule has 0 bridgehead atoms. The van der Waals surface area contributed by atoms with Crippen molar-refractivity contribution in [1.82, 2.24) is 0 Å². The normalized spacial score (nSPS) is 29.5. The lowest BCUT2D eigenvalue weighted by atomic mass is 9.70. The van der Waals surface area contributed by atoms with Gasteiger partial charge in [0.15, 0.2) is 0 Å². The number of hydrogen-bond donors (Lipinski definition) is 0. The minimum atomic E-state index is 0.805. The fourth-order valence-corrected chi connectivity index (χ4v) is 4.99. The third-order valence-electron chi connectivity index (χ3n) is 6.61. The van der Waals surface area contributed by atoms with Gasteiger partial charge in [-0.15, -0.1) is 6.58 Å². The average molecular weight is 337 g/mol. The zero-order valence-electron chi connectivity index (χ0n) is 16.1. The van der Waals surface area contributed by atoms with Crippen LogP contribution in [0.3, 0.4) is 0 Å². The summed E-state index contributed by atoms with van der Waals surface area (Å²) in [5.41, 5.74) is 3.08. The molecular formula is C25H36. The van der Waals surface area contributed by atoms with Crippen LogP contribution in [-0.2, 0) is 6.42 Å². The lowest BCUT2D eigenvalue weighted by molar-refractivity contribution is 0.239. The molecule has 0 spiro atoms. The van der Waals surface area contributed by atoms with Crippen molar-refractivity contribution in [2.75, 3.05) is 0 Å². The maximum Gasteiger partial charge on any atom is -0.0162 e. The van der Waals surface area contributed by atoms with Gasteiger partial charge in [-0.3, -0.25) is 0 Å². The predicted molar refractivity (Wildman–Crippen MR) is 110 cm³/mol. The SMILES string of the molecule is C=CCCC1C=CC(C2CCC(c3ccc(CCC)cc3)CC2)CC1. The Morgan fingerprint density at radius 3 is 2.32 bits per heavy atom. The van der Waals surface area contributed by atoms with E-state index in [2.05, 4.69) is 56.0 Å². The smallest absolute Gasteiger partial charge is 0.0162 e. The van der Waals surface area contributed by atoms with Crippen LogP contribution in [-0.4, -0.2) is 0 Å². The van der Waals surface area contributed by atoms with Crippen LogP contribution in [0.5, 0.6) is 0 Å². The Morgan fingerprint density at radius 2 is 1.72 bits per heavy atom. The molecule has 0 heterocycles. The van der Waals surface area contributed by atoms with Crippen LogP contribution in [0.2, 0.25) is 0 Å². The van der Waals surface area contributed by atoms with Gasteiger partial charge >= 0.3 is 0 Å². The van der Waals surface area contributed by atoms with Crippen molar-refractivity contribution in [2.24, 2.45) is 17.8 Å². The molecule has 2 aliphatic rings. The van der Waals surface area contributed by atoms with Gasteiger partial charge in [0.1, 0.15) is 0 Å². The number of allylic oxidation sites excluding steroid dienone is 3. The molecule has 2 unspecified atom stereocenters. The van der Waals surface area contributed by atoms with Crippen molar-refractivity contribution in [2.45, 2.75) is 77.0 Å². The van der Waals surface area contributed by atoms with Crippen molar-refractivity contribution in [3.05, 3.63) is 60.2 Å². The molecule has 2 aliphatic carbocycles. The third-order valence-corrected chi connectivity index (χ3v) is 6.61. The largest absolute Gasteiger partial charge is 0.103 e. The summed E-state index contributed by atoms with van der Waals surface area (Å²) in [4.78, 5) is 0. The Balaban J connectivity index is 1.48. The van der Waals surface area contributed by atoms with Gasteiger partial charge in [0, 0.05) is 0 Å². The van der Waals surface area contributed by atoms with Crippen molar-refractivity contribution >= 4 is 0 Å². The number of benzene rings is 1. The van der Waals surface area contributed by atoms with Crippen molar-refractivity contribution < 1.29 is 0 Å². The van der Waals surface area contributed by atoms with Crippen LogP contribution in [0.25, 0.3) is 0 Å². The predicted octanol–water partition coefficient (Wildman–Crippen LogP) is 7.46. The maximum atomic E-state index is 3.86. The highest BCUT2D eigenvalue weighted by molar-refractivity contribution is 5.26. The molecule has 136 valence electrons. The summed E-state index contributed by atoms with van der Waals surface area (Å²) >= 11 is 0. The highest BCUT2D eigenvalue weighted by Gasteiger charge is 2.28. The zero-order chi connectivity index (χ0) is 17.5. The van der Waals surface area contributed by atoms with Gasteiger partial charge in [-0.2, -0.15) is 0 Å². The summed E-state index contributed by atoms with van der Waals surface area (Å²) in [5.74, 6) is 3.41. The zero-order valence-corrected chi connectivity index (χ0v) is 16.1. The first-order valence-electron chi connectivity index (χ1n) is 10.7. The van der Waals surface area contributed by atoms with Crippen LogP contribution in [0.1, 0.15) is 81.8 Å². The summed E-state index contributed by atoms with van der Waals surface area (Å²) < 4.78 is 0. The standard InChI is InChI=1S/C25H36/c1-3-5-7-21-10-14-23(15-11-21)25-18-16-24(17-19-25)22-12-8-20(6-4-2)9-13-22/h3,8-10,12-14,21,23-25H,1,4-7,11,15-19H2,2H3. The van der Waals surface area contributed by atoms with Crippen LogP contribution in [0.15, 0.2) is 49.1 Å². The average Bonchev–Trinajstić information content (AvgIpc) is 2.68. The van der Waals surface area contributed by atoms with Gasteiger partial charge in [-0.05, 0) is 92.6 Å². The lowest BCUT2D eigenvalue weighted by Crippen LogP contribution is -2.22. The number of aryl methyl sites for hydroxylation is 1. The van der Waals surface area contributed by atoms with Gasteiger partial charge in [-0.25, -0.2) is 0 Å². The molecule has 0 radical (unpaired) electrons. The van der Waals surface area contributed by atoms with Crippen molar-refractivity contribution in [1.29, 1.82) is 0 Å². The van der Waals surface area contributed by atoms with Crippen LogP contribution >= 0.6 is 0 Å². The van der Waals surface area contributed by atoms with Gasteiger partial charge in [0.05, 0.1) is 0 Å². The molecule has 1 fully saturated rings. The van der Waals surface area contributed by atoms with Crippen LogP contribution < -0.4 is 0 Å². The number of hydrogen-bond acceptors (Lipinski definition) is 0. The van der Waals surface area contributed by atoms with E-state index in [-0.39, 0.29) is 0 Å². The molecule has 1 aromatic rings. The molecule has 25 heavy (non-hydrogen) atoms. The number of rotatable bonds is 7. The molecule has 1 saturated carbocycles. The molecule has 0 aromatic heterocycles. The Hall–Kier alpha value is -1.30. The molecule has 2 atom stereocenters. The van der Waals surface area contributed by atoms with Crippen molar-refractivity contribution in [3.63, 3.8) is 0 Å². The fraction of sp³-hybridized carbons (Fsp3) is 0.600. The molecular weight excluding hydrogens is 300 g/mol. The first kappa shape index (κ1) is 18.5. The third kappa shape index (κ3) is 5.09. The Kier molecular flexibility index (Phi) is 6.96. The summed E-state index contributed by atoms with van der Waals surface area (Å²) in [5, 5.41) is 0. The van der Waals surface area contributed by atoms with E-state index >= 15 is 0 Å². The minimum absolute atomic E-state index is 0.805. The maximum absolute atomic E-state index is 3.86. The molecule has 0 amide bonds. The van der Waals surface area contributed by atoms with E-state index in [1.807, 2.05) is 0 Å². The van der Waals surface area contributed by atoms with E-state index < -0.39 is 0 Å². The van der Waals surface area contributed by atoms with E-state index in [0.29, 0.717) is 0 Å². The van der Waals surface area contributed by atoms with Crippen molar-refractivity contribution in [3.8, 4) is 0 Å². The topological polar surface area (TPSA) is 0 Å². The summed E-state index contributed by atoms with van der Waals surface area (Å²) in [6, 6.07) is 9.53. The Labute approximate surface area is 155 Å². The second-order valence-corrected chi connectivity index (χ2v) is 8.36. The monoisotopic (exact) mass is 336 g/mol. The van der Waals surface area contributed by atoms with Gasteiger partial charge in [0.2, 0.25) is 0 Å². The highest BCUT2D eigenvalue weighted by atomic mass is 14.3. The fourth-order valence-electron chi connectivity index (χ4n) is 4.99. The minimum Gasteiger partial charge on any atom is -0.103 e. The van der Waals surface area contributed by atoms with E-state index in [0.717, 1.165) is 23.7 Å². The second-order valence-electron chi connectivity index (χ2n) is 8.36. The van der Waals surface area contributed by atoms with E-state index in [1.54, 1.807) is 5.56 Å². The van der Waals surface area contributed by atoms with Crippen LogP contribution in [0.4, 0.5) is 0 Å². The molecule has 1 aromatic carbocycles. The van der Waals surface area contributed by atoms with E-state index in [1.165, 1.54) is 69.8 Å². The second kappa shape index (κ2) is 9.41. The highest BCUT2D eigenvalue weighted by Crippen LogP contribution is 2.42. The summed E-state index contributed by atoms with van der Waals surface area (Å²) in [7, 11) is 0. The van der Waals surface area contributed by atoms with Crippen LogP contribution in [0, 0.1) is 17.8 Å². The first-order chi connectivity index (χ1) is 12.3. The van der Waals surface area contributed by atoms with Gasteiger partial charge < -0.3 is 0 Å².